The second-order valence-corrected chi connectivity index (χ2v) is 3.66. The van der Waals surface area contributed by atoms with Crippen LogP contribution in [0, 0.1) is 11.6 Å². The molecule has 1 N–H and O–H groups in total. The first-order valence-corrected chi connectivity index (χ1v) is 5.25. The minimum absolute atomic E-state index is 0.139. The predicted molar refractivity (Wildman–Crippen MR) is 61.2 cm³/mol. The Bertz CT molecular complexity index is 560. The Labute approximate surface area is 103 Å². The van der Waals surface area contributed by atoms with Gasteiger partial charge in [0.25, 0.3) is 0 Å². The lowest BCUT2D eigenvalue weighted by atomic mass is 10.0. The van der Waals surface area contributed by atoms with Gasteiger partial charge >= 0.3 is 0 Å². The number of rotatable bonds is 3. The molecule has 1 atom stereocenters. The van der Waals surface area contributed by atoms with Gasteiger partial charge in [0.2, 0.25) is 0 Å². The van der Waals surface area contributed by atoms with Gasteiger partial charge in [-0.1, -0.05) is 12.1 Å². The summed E-state index contributed by atoms with van der Waals surface area (Å²) in [6, 6.07) is 5.15. The molecule has 1 heterocycles. The van der Waals surface area contributed by atoms with Gasteiger partial charge in [0.15, 0.2) is 11.6 Å². The molecule has 1 unspecified atom stereocenters. The van der Waals surface area contributed by atoms with Gasteiger partial charge in [-0.15, -0.1) is 0 Å². The van der Waals surface area contributed by atoms with Gasteiger partial charge in [0.1, 0.15) is 11.9 Å². The van der Waals surface area contributed by atoms with Crippen LogP contribution in [-0.4, -0.2) is 17.2 Å². The Hall–Kier alpha value is -2.01. The number of pyridine rings is 1. The van der Waals surface area contributed by atoms with Crippen molar-refractivity contribution in [3.05, 3.63) is 59.4 Å². The van der Waals surface area contributed by atoms with E-state index in [-0.39, 0.29) is 5.56 Å². The van der Waals surface area contributed by atoms with Crippen molar-refractivity contribution in [1.82, 2.24) is 4.98 Å². The first kappa shape index (κ1) is 12.4. The molecule has 94 valence electrons. The molecule has 2 aromatic rings. The van der Waals surface area contributed by atoms with Crippen LogP contribution in [0.3, 0.4) is 0 Å². The summed E-state index contributed by atoms with van der Waals surface area (Å²) in [6.45, 7) is 0. The second-order valence-electron chi connectivity index (χ2n) is 3.66. The van der Waals surface area contributed by atoms with Gasteiger partial charge in [-0.2, -0.15) is 0 Å². The molecule has 1 aromatic carbocycles. The zero-order valence-corrected chi connectivity index (χ0v) is 9.60. The van der Waals surface area contributed by atoms with E-state index in [9.17, 15) is 13.9 Å². The maximum atomic E-state index is 13.6. The van der Waals surface area contributed by atoms with E-state index < -0.39 is 17.7 Å². The lowest BCUT2D eigenvalue weighted by Crippen LogP contribution is -2.06. The summed E-state index contributed by atoms with van der Waals surface area (Å²) in [5.74, 6) is -1.75. The Kier molecular flexibility index (Phi) is 3.53. The van der Waals surface area contributed by atoms with Crippen LogP contribution in [0.5, 0.6) is 5.75 Å². The fourth-order valence-electron chi connectivity index (χ4n) is 1.69. The van der Waals surface area contributed by atoms with Gasteiger partial charge in [0.05, 0.1) is 13.3 Å². The first-order valence-electron chi connectivity index (χ1n) is 5.25. The summed E-state index contributed by atoms with van der Waals surface area (Å²) < 4.78 is 31.7. The summed E-state index contributed by atoms with van der Waals surface area (Å²) in [6.07, 6.45) is 1.53. The number of hydrogen-bond acceptors (Lipinski definition) is 3. The first-order chi connectivity index (χ1) is 8.65. The standard InChI is InChI=1S/C13H11F2NO2/c1-18-11-7-16-6-5-8(11)13(17)9-3-2-4-10(14)12(9)15/h2-7,13,17H,1H3. The molecule has 3 nitrogen and oxygen atoms in total. The van der Waals surface area contributed by atoms with Crippen LogP contribution in [0.15, 0.2) is 36.7 Å². The van der Waals surface area contributed by atoms with E-state index in [1.807, 2.05) is 0 Å². The molecule has 0 aliphatic heterocycles. The second kappa shape index (κ2) is 5.10. The largest absolute Gasteiger partial charge is 0.495 e. The fourth-order valence-corrected chi connectivity index (χ4v) is 1.69. The topological polar surface area (TPSA) is 42.4 Å². The molecule has 0 aliphatic rings. The van der Waals surface area contributed by atoms with E-state index in [1.165, 1.54) is 37.7 Å². The minimum Gasteiger partial charge on any atom is -0.495 e. The van der Waals surface area contributed by atoms with Crippen LogP contribution >= 0.6 is 0 Å². The number of aromatic nitrogens is 1. The highest BCUT2D eigenvalue weighted by molar-refractivity contribution is 5.38. The van der Waals surface area contributed by atoms with Gasteiger partial charge < -0.3 is 9.84 Å². The van der Waals surface area contributed by atoms with Crippen molar-refractivity contribution >= 4 is 0 Å². The maximum absolute atomic E-state index is 13.6. The average molecular weight is 251 g/mol. The molecule has 0 saturated carbocycles. The molecule has 18 heavy (non-hydrogen) atoms. The van der Waals surface area contributed by atoms with E-state index in [2.05, 4.69) is 4.98 Å². The third kappa shape index (κ3) is 2.17. The van der Waals surface area contributed by atoms with Gasteiger partial charge in [-0.05, 0) is 12.1 Å². The fraction of sp³-hybridized carbons (Fsp3) is 0.154. The van der Waals surface area contributed by atoms with Crippen molar-refractivity contribution < 1.29 is 18.6 Å². The molecule has 0 radical (unpaired) electrons. The number of aliphatic hydroxyl groups excluding tert-OH is 1. The molecule has 2 rings (SSSR count). The number of methoxy groups -OCH3 is 1. The number of halogens is 2. The van der Waals surface area contributed by atoms with Crippen molar-refractivity contribution in [2.45, 2.75) is 6.10 Å². The third-order valence-corrected chi connectivity index (χ3v) is 2.61. The van der Waals surface area contributed by atoms with Gasteiger partial charge in [-0.3, -0.25) is 4.98 Å². The van der Waals surface area contributed by atoms with Crippen molar-refractivity contribution in [3.8, 4) is 5.75 Å². The number of nitrogens with zero attached hydrogens (tertiary/aromatic N) is 1. The molecule has 0 fully saturated rings. The Morgan fingerprint density at radius 1 is 1.22 bits per heavy atom. The van der Waals surface area contributed by atoms with E-state index in [0.29, 0.717) is 11.3 Å². The molecule has 0 aliphatic carbocycles. The predicted octanol–water partition coefficient (Wildman–Crippen LogP) is 2.45. The number of benzene rings is 1. The lowest BCUT2D eigenvalue weighted by molar-refractivity contribution is 0.208. The van der Waals surface area contributed by atoms with Crippen molar-refractivity contribution in [3.63, 3.8) is 0 Å². The van der Waals surface area contributed by atoms with Crippen molar-refractivity contribution in [2.75, 3.05) is 7.11 Å². The number of hydrogen-bond donors (Lipinski definition) is 1. The average Bonchev–Trinajstić information content (AvgIpc) is 2.41. The third-order valence-electron chi connectivity index (χ3n) is 2.61. The van der Waals surface area contributed by atoms with E-state index in [0.717, 1.165) is 6.07 Å². The highest BCUT2D eigenvalue weighted by Crippen LogP contribution is 2.30. The molecular weight excluding hydrogens is 240 g/mol. The smallest absolute Gasteiger partial charge is 0.164 e. The maximum Gasteiger partial charge on any atom is 0.164 e. The number of ether oxygens (including phenoxy) is 1. The van der Waals surface area contributed by atoms with Crippen LogP contribution in [-0.2, 0) is 0 Å². The number of aliphatic hydroxyl groups is 1. The molecular formula is C13H11F2NO2. The highest BCUT2D eigenvalue weighted by atomic mass is 19.2. The van der Waals surface area contributed by atoms with Crippen LogP contribution in [0.2, 0.25) is 0 Å². The molecule has 0 bridgehead atoms. The summed E-state index contributed by atoms with van der Waals surface area (Å²) in [5, 5.41) is 10.1. The van der Waals surface area contributed by atoms with Crippen LogP contribution in [0.1, 0.15) is 17.2 Å². The summed E-state index contributed by atoms with van der Waals surface area (Å²) in [7, 11) is 1.41. The van der Waals surface area contributed by atoms with Crippen LogP contribution in [0.25, 0.3) is 0 Å². The van der Waals surface area contributed by atoms with Crippen LogP contribution in [0.4, 0.5) is 8.78 Å². The quantitative estimate of drug-likeness (QED) is 0.911. The molecule has 0 amide bonds. The highest BCUT2D eigenvalue weighted by Gasteiger charge is 2.20. The van der Waals surface area contributed by atoms with Crippen molar-refractivity contribution in [2.24, 2.45) is 0 Å². The normalized spacial score (nSPS) is 12.2. The molecule has 0 spiro atoms. The summed E-state index contributed by atoms with van der Waals surface area (Å²) in [4.78, 5) is 3.83. The monoisotopic (exact) mass is 251 g/mol. The summed E-state index contributed by atoms with van der Waals surface area (Å²) >= 11 is 0. The summed E-state index contributed by atoms with van der Waals surface area (Å²) in [5.41, 5.74) is 0.191. The zero-order valence-electron chi connectivity index (χ0n) is 9.60. The van der Waals surface area contributed by atoms with E-state index in [1.54, 1.807) is 0 Å². The van der Waals surface area contributed by atoms with Gasteiger partial charge in [0, 0.05) is 17.3 Å². The molecule has 1 aromatic heterocycles. The van der Waals surface area contributed by atoms with E-state index in [4.69, 9.17) is 4.74 Å². The Morgan fingerprint density at radius 3 is 2.72 bits per heavy atom. The lowest BCUT2D eigenvalue weighted by Gasteiger charge is -2.15. The van der Waals surface area contributed by atoms with Crippen LogP contribution < -0.4 is 4.74 Å². The van der Waals surface area contributed by atoms with E-state index >= 15 is 0 Å². The van der Waals surface area contributed by atoms with Crippen molar-refractivity contribution in [1.29, 1.82) is 0 Å². The Morgan fingerprint density at radius 2 is 2.00 bits per heavy atom. The molecule has 0 saturated heterocycles. The van der Waals surface area contributed by atoms with Gasteiger partial charge in [-0.25, -0.2) is 8.78 Å². The zero-order chi connectivity index (χ0) is 13.1. The molecule has 5 heteroatoms. The minimum atomic E-state index is -1.31. The Balaban J connectivity index is 2.48. The SMILES string of the molecule is COc1cnccc1C(O)c1cccc(F)c1F.